The van der Waals surface area contributed by atoms with Crippen molar-refractivity contribution in [3.05, 3.63) is 28.7 Å². The van der Waals surface area contributed by atoms with Crippen LogP contribution in [-0.2, 0) is 0 Å². The Morgan fingerprint density at radius 1 is 1.38 bits per heavy atom. The van der Waals surface area contributed by atoms with Gasteiger partial charge in [-0.1, -0.05) is 22.9 Å². The average molecular weight is 357 g/mol. The van der Waals surface area contributed by atoms with Gasteiger partial charge in [-0.15, -0.1) is 0 Å². The molecule has 1 unspecified atom stereocenters. The predicted molar refractivity (Wildman–Crippen MR) is 88.8 cm³/mol. The van der Waals surface area contributed by atoms with E-state index in [0.717, 1.165) is 35.9 Å². The van der Waals surface area contributed by atoms with Gasteiger partial charge in [-0.05, 0) is 43.7 Å². The molecule has 1 aliphatic carbocycles. The molecule has 1 aromatic rings. The second kappa shape index (κ2) is 8.73. The first-order chi connectivity index (χ1) is 10.2. The van der Waals surface area contributed by atoms with Crippen LogP contribution in [0.5, 0.6) is 5.75 Å². The summed E-state index contributed by atoms with van der Waals surface area (Å²) in [4.78, 5) is 2.50. The fraction of sp³-hybridized carbons (Fsp3) is 0.625. The molecular weight excluding hydrogens is 332 g/mol. The van der Waals surface area contributed by atoms with Crippen molar-refractivity contribution in [3.63, 3.8) is 0 Å². The number of halogens is 1. The monoisotopic (exact) mass is 356 g/mol. The van der Waals surface area contributed by atoms with Gasteiger partial charge in [-0.2, -0.15) is 0 Å². The zero-order valence-electron chi connectivity index (χ0n) is 12.6. The number of hydrogen-bond donors (Lipinski definition) is 2. The van der Waals surface area contributed by atoms with Crippen LogP contribution in [0.3, 0.4) is 0 Å². The first-order valence-electron chi connectivity index (χ1n) is 7.70. The molecule has 0 aromatic heterocycles. The van der Waals surface area contributed by atoms with Crippen LogP contribution >= 0.6 is 15.9 Å². The summed E-state index contributed by atoms with van der Waals surface area (Å²) in [5.74, 6) is 0.781. The Labute approximate surface area is 135 Å². The van der Waals surface area contributed by atoms with Crippen LogP contribution in [0, 0.1) is 0 Å². The van der Waals surface area contributed by atoms with E-state index in [-0.39, 0.29) is 0 Å². The van der Waals surface area contributed by atoms with Gasteiger partial charge in [0, 0.05) is 30.1 Å². The SMILES string of the molecule is CCN(CCNCC(O)COc1ccc(Br)cc1)C1CC1. The van der Waals surface area contributed by atoms with E-state index in [9.17, 15) is 5.11 Å². The van der Waals surface area contributed by atoms with E-state index >= 15 is 0 Å². The minimum Gasteiger partial charge on any atom is -0.491 e. The molecule has 0 bridgehead atoms. The summed E-state index contributed by atoms with van der Waals surface area (Å²) in [5.41, 5.74) is 0. The van der Waals surface area contributed by atoms with E-state index in [1.54, 1.807) is 0 Å². The molecule has 1 saturated carbocycles. The predicted octanol–water partition coefficient (Wildman–Crippen LogP) is 2.26. The zero-order chi connectivity index (χ0) is 15.1. The Morgan fingerprint density at radius 2 is 2.10 bits per heavy atom. The maximum atomic E-state index is 9.90. The third-order valence-electron chi connectivity index (χ3n) is 3.68. The number of rotatable bonds is 10. The normalized spacial score (nSPS) is 16.2. The molecule has 0 spiro atoms. The highest BCUT2D eigenvalue weighted by molar-refractivity contribution is 9.10. The maximum Gasteiger partial charge on any atom is 0.119 e. The van der Waals surface area contributed by atoms with Crippen LogP contribution < -0.4 is 10.1 Å². The Kier molecular flexibility index (Phi) is 6.96. The van der Waals surface area contributed by atoms with Crippen molar-refractivity contribution in [2.75, 3.05) is 32.8 Å². The molecule has 118 valence electrons. The standard InChI is InChI=1S/C16H25BrN2O2/c1-2-19(14-5-6-14)10-9-18-11-15(20)12-21-16-7-3-13(17)4-8-16/h3-4,7-8,14-15,18,20H,2,5-6,9-12H2,1H3. The number of nitrogens with zero attached hydrogens (tertiary/aromatic N) is 1. The molecule has 1 fully saturated rings. The molecule has 1 aliphatic rings. The second-order valence-electron chi connectivity index (χ2n) is 5.48. The number of aliphatic hydroxyl groups excluding tert-OH is 1. The van der Waals surface area contributed by atoms with Gasteiger partial charge >= 0.3 is 0 Å². The summed E-state index contributed by atoms with van der Waals surface area (Å²) >= 11 is 3.38. The van der Waals surface area contributed by atoms with E-state index in [2.05, 4.69) is 33.1 Å². The summed E-state index contributed by atoms with van der Waals surface area (Å²) < 4.78 is 6.57. The van der Waals surface area contributed by atoms with Crippen LogP contribution in [0.1, 0.15) is 19.8 Å². The molecule has 2 N–H and O–H groups in total. The molecule has 1 aromatic carbocycles. The smallest absolute Gasteiger partial charge is 0.119 e. The molecule has 1 atom stereocenters. The highest BCUT2D eigenvalue weighted by Crippen LogP contribution is 2.25. The van der Waals surface area contributed by atoms with Gasteiger partial charge in [0.15, 0.2) is 0 Å². The Morgan fingerprint density at radius 3 is 2.71 bits per heavy atom. The minimum absolute atomic E-state index is 0.314. The Bertz CT molecular complexity index is 409. The number of nitrogens with one attached hydrogen (secondary N) is 1. The first kappa shape index (κ1) is 16.7. The van der Waals surface area contributed by atoms with Crippen LogP contribution in [0.2, 0.25) is 0 Å². The average Bonchev–Trinajstić information content (AvgIpc) is 3.31. The molecule has 0 aliphatic heterocycles. The largest absolute Gasteiger partial charge is 0.491 e. The Balaban J connectivity index is 1.54. The van der Waals surface area contributed by atoms with Crippen molar-refractivity contribution < 1.29 is 9.84 Å². The molecule has 4 nitrogen and oxygen atoms in total. The number of hydrogen-bond acceptors (Lipinski definition) is 4. The first-order valence-corrected chi connectivity index (χ1v) is 8.49. The third kappa shape index (κ3) is 6.34. The van der Waals surface area contributed by atoms with Crippen LogP contribution in [0.4, 0.5) is 0 Å². The Hall–Kier alpha value is -0.620. The summed E-state index contributed by atoms with van der Waals surface area (Å²) in [6.07, 6.45) is 2.21. The topological polar surface area (TPSA) is 44.7 Å². The van der Waals surface area contributed by atoms with Gasteiger partial charge in [0.25, 0.3) is 0 Å². The van der Waals surface area contributed by atoms with E-state index in [1.165, 1.54) is 12.8 Å². The summed E-state index contributed by atoms with van der Waals surface area (Å²) in [6, 6.07) is 8.44. The molecule has 0 radical (unpaired) electrons. The van der Waals surface area contributed by atoms with Gasteiger partial charge in [-0.25, -0.2) is 0 Å². The molecule has 21 heavy (non-hydrogen) atoms. The summed E-state index contributed by atoms with van der Waals surface area (Å²) in [5, 5.41) is 13.2. The quantitative estimate of drug-likeness (QED) is 0.631. The van der Waals surface area contributed by atoms with Crippen molar-refractivity contribution in [2.24, 2.45) is 0 Å². The molecule has 2 rings (SSSR count). The molecule has 0 heterocycles. The molecule has 5 heteroatoms. The molecule has 0 amide bonds. The van der Waals surface area contributed by atoms with E-state index in [4.69, 9.17) is 4.74 Å². The third-order valence-corrected chi connectivity index (χ3v) is 4.21. The second-order valence-corrected chi connectivity index (χ2v) is 6.40. The lowest BCUT2D eigenvalue weighted by Gasteiger charge is -2.20. The number of aliphatic hydroxyl groups is 1. The lowest BCUT2D eigenvalue weighted by atomic mass is 10.3. The number of benzene rings is 1. The minimum atomic E-state index is -0.482. The van der Waals surface area contributed by atoms with Crippen molar-refractivity contribution >= 4 is 15.9 Å². The lowest BCUT2D eigenvalue weighted by molar-refractivity contribution is 0.105. The van der Waals surface area contributed by atoms with Crippen molar-refractivity contribution in [3.8, 4) is 5.75 Å². The summed E-state index contributed by atoms with van der Waals surface area (Å²) in [6.45, 7) is 6.18. The lowest BCUT2D eigenvalue weighted by Crippen LogP contribution is -2.38. The van der Waals surface area contributed by atoms with Gasteiger partial charge < -0.3 is 15.2 Å². The number of likely N-dealkylation sites (N-methyl/N-ethyl adjacent to an activating group) is 1. The van der Waals surface area contributed by atoms with Gasteiger partial charge in [-0.3, -0.25) is 4.90 Å². The van der Waals surface area contributed by atoms with Crippen LogP contribution in [-0.4, -0.2) is 54.9 Å². The van der Waals surface area contributed by atoms with E-state index in [1.807, 2.05) is 24.3 Å². The number of ether oxygens (including phenoxy) is 1. The fourth-order valence-corrected chi connectivity index (χ4v) is 2.58. The summed E-state index contributed by atoms with van der Waals surface area (Å²) in [7, 11) is 0. The van der Waals surface area contributed by atoms with Crippen molar-refractivity contribution in [2.45, 2.75) is 31.9 Å². The fourth-order valence-electron chi connectivity index (χ4n) is 2.31. The van der Waals surface area contributed by atoms with Gasteiger partial charge in [0.2, 0.25) is 0 Å². The van der Waals surface area contributed by atoms with Crippen molar-refractivity contribution in [1.82, 2.24) is 10.2 Å². The van der Waals surface area contributed by atoms with E-state index < -0.39 is 6.10 Å². The molecular formula is C16H25BrN2O2. The van der Waals surface area contributed by atoms with Crippen LogP contribution in [0.25, 0.3) is 0 Å². The maximum absolute atomic E-state index is 9.90. The zero-order valence-corrected chi connectivity index (χ0v) is 14.2. The van der Waals surface area contributed by atoms with Crippen molar-refractivity contribution in [1.29, 1.82) is 0 Å². The highest BCUT2D eigenvalue weighted by atomic mass is 79.9. The van der Waals surface area contributed by atoms with Crippen LogP contribution in [0.15, 0.2) is 28.7 Å². The van der Waals surface area contributed by atoms with Gasteiger partial charge in [0.05, 0.1) is 0 Å². The molecule has 0 saturated heterocycles. The van der Waals surface area contributed by atoms with Gasteiger partial charge in [0.1, 0.15) is 18.5 Å². The highest BCUT2D eigenvalue weighted by Gasteiger charge is 2.26. The van der Waals surface area contributed by atoms with E-state index in [0.29, 0.717) is 13.2 Å².